The zero-order chi connectivity index (χ0) is 30.0. The van der Waals surface area contributed by atoms with Crippen LogP contribution in [0.2, 0.25) is 0 Å². The van der Waals surface area contributed by atoms with Crippen LogP contribution in [-0.2, 0) is 38.1 Å². The van der Waals surface area contributed by atoms with E-state index in [0.29, 0.717) is 16.7 Å². The molecule has 0 amide bonds. The van der Waals surface area contributed by atoms with Crippen LogP contribution in [0.3, 0.4) is 0 Å². The second-order valence-electron chi connectivity index (χ2n) is 9.91. The van der Waals surface area contributed by atoms with E-state index < -0.39 is 35.7 Å². The summed E-state index contributed by atoms with van der Waals surface area (Å²) in [6.45, 7) is 5.86. The fourth-order valence-electron chi connectivity index (χ4n) is 5.92. The number of fused-ring (bicyclic) bond motifs is 3. The van der Waals surface area contributed by atoms with Gasteiger partial charge in [0.25, 0.3) is 0 Å². The van der Waals surface area contributed by atoms with E-state index in [1.54, 1.807) is 24.3 Å². The highest BCUT2D eigenvalue weighted by atomic mass is 16.5. The number of carbonyl (C=O) groups is 4. The first-order valence-electron chi connectivity index (χ1n) is 13.0. The fourth-order valence-corrected chi connectivity index (χ4v) is 5.92. The molecule has 4 rings (SSSR count). The number of methoxy groups -OCH3 is 4. The minimum absolute atomic E-state index is 0.00972. The van der Waals surface area contributed by atoms with Crippen molar-refractivity contribution in [3.05, 3.63) is 99.1 Å². The van der Waals surface area contributed by atoms with E-state index in [0.717, 1.165) is 33.9 Å². The molecular weight excluding hydrogens is 524 g/mol. The number of ether oxygens (including phenoxy) is 4. The first kappa shape index (κ1) is 29.3. The molecule has 3 aliphatic rings. The van der Waals surface area contributed by atoms with Crippen molar-refractivity contribution in [1.82, 2.24) is 0 Å². The highest BCUT2D eigenvalue weighted by molar-refractivity contribution is 6.27. The largest absolute Gasteiger partial charge is 0.466 e. The van der Waals surface area contributed by atoms with Gasteiger partial charge in [-0.05, 0) is 60.2 Å². The summed E-state index contributed by atoms with van der Waals surface area (Å²) >= 11 is 0. The van der Waals surface area contributed by atoms with Crippen LogP contribution >= 0.6 is 0 Å². The molecule has 0 N–H and O–H groups in total. The molecule has 0 fully saturated rings. The SMILES string of the molecule is COC(=O)/C=C(\C(=O)OC)[C@@H]1c2cc3c(C)cc(C)cc(C)c-3c2C(C(=O)OC)=C(C(=O)OC)[C@H]1c1ccccc1. The summed E-state index contributed by atoms with van der Waals surface area (Å²) in [5, 5.41) is 0. The molecule has 0 radical (unpaired) electrons. The summed E-state index contributed by atoms with van der Waals surface area (Å²) in [7, 11) is 4.89. The number of benzene rings is 1. The number of hydrogen-bond donors (Lipinski definition) is 0. The van der Waals surface area contributed by atoms with Crippen LogP contribution in [0, 0.1) is 20.8 Å². The molecule has 0 aliphatic heterocycles. The Morgan fingerprint density at radius 3 is 1.95 bits per heavy atom. The van der Waals surface area contributed by atoms with Crippen molar-refractivity contribution >= 4 is 29.5 Å². The third kappa shape index (κ3) is 5.13. The average Bonchev–Trinajstić information content (AvgIpc) is 3.34. The Morgan fingerprint density at radius 2 is 1.37 bits per heavy atom. The molecule has 212 valence electrons. The molecular formula is C33H32O8. The van der Waals surface area contributed by atoms with Gasteiger partial charge in [0.05, 0.1) is 45.2 Å². The Morgan fingerprint density at radius 1 is 0.732 bits per heavy atom. The number of rotatable bonds is 6. The lowest BCUT2D eigenvalue weighted by molar-refractivity contribution is -0.139. The van der Waals surface area contributed by atoms with Crippen LogP contribution in [0.1, 0.15) is 45.2 Å². The Labute approximate surface area is 238 Å². The number of esters is 4. The summed E-state index contributed by atoms with van der Waals surface area (Å²) < 4.78 is 20.5. The van der Waals surface area contributed by atoms with Crippen LogP contribution in [0.5, 0.6) is 0 Å². The molecule has 0 aromatic heterocycles. The summed E-state index contributed by atoms with van der Waals surface area (Å²) in [6.07, 6.45) is 1.08. The zero-order valence-electron chi connectivity index (χ0n) is 24.1. The van der Waals surface area contributed by atoms with Crippen LogP contribution in [0.4, 0.5) is 0 Å². The number of carbonyl (C=O) groups excluding carboxylic acids is 4. The lowest BCUT2D eigenvalue weighted by atomic mass is 9.66. The minimum Gasteiger partial charge on any atom is -0.466 e. The Hall–Kier alpha value is -4.72. The Balaban J connectivity index is 2.31. The minimum atomic E-state index is -0.931. The molecule has 1 aromatic rings. The van der Waals surface area contributed by atoms with Gasteiger partial charge in [-0.3, -0.25) is 0 Å². The predicted molar refractivity (Wildman–Crippen MR) is 152 cm³/mol. The number of hydrogen-bond acceptors (Lipinski definition) is 8. The van der Waals surface area contributed by atoms with E-state index in [1.807, 2.05) is 45.0 Å². The van der Waals surface area contributed by atoms with E-state index >= 15 is 0 Å². The summed E-state index contributed by atoms with van der Waals surface area (Å²) in [5.41, 5.74) is 5.99. The first-order valence-corrected chi connectivity index (χ1v) is 13.0. The van der Waals surface area contributed by atoms with E-state index in [1.165, 1.54) is 28.4 Å². The lowest BCUT2D eigenvalue weighted by Crippen LogP contribution is -2.31. The van der Waals surface area contributed by atoms with Crippen molar-refractivity contribution < 1.29 is 38.1 Å². The zero-order valence-corrected chi connectivity index (χ0v) is 24.1. The van der Waals surface area contributed by atoms with Crippen molar-refractivity contribution in [3.8, 4) is 11.1 Å². The van der Waals surface area contributed by atoms with Gasteiger partial charge in [-0.15, -0.1) is 0 Å². The second-order valence-corrected chi connectivity index (χ2v) is 9.91. The van der Waals surface area contributed by atoms with Crippen molar-refractivity contribution in [2.45, 2.75) is 32.6 Å². The second kappa shape index (κ2) is 11.8. The lowest BCUT2D eigenvalue weighted by Gasteiger charge is -2.35. The quantitative estimate of drug-likeness (QED) is 0.238. The molecule has 0 saturated carbocycles. The summed E-state index contributed by atoms with van der Waals surface area (Å²) in [6, 6.07) is 14.9. The van der Waals surface area contributed by atoms with Gasteiger partial charge in [-0.25, -0.2) is 19.2 Å². The molecule has 3 aliphatic carbocycles. The van der Waals surface area contributed by atoms with E-state index in [-0.39, 0.29) is 16.7 Å². The average molecular weight is 557 g/mol. The highest BCUT2D eigenvalue weighted by Gasteiger charge is 2.48. The van der Waals surface area contributed by atoms with Crippen molar-refractivity contribution in [2.24, 2.45) is 0 Å². The maximum atomic E-state index is 13.7. The molecule has 1 aromatic carbocycles. The third-order valence-electron chi connectivity index (χ3n) is 7.50. The maximum absolute atomic E-state index is 13.7. The van der Waals surface area contributed by atoms with Gasteiger partial charge in [0.2, 0.25) is 0 Å². The summed E-state index contributed by atoms with van der Waals surface area (Å²) in [4.78, 5) is 53.3. The van der Waals surface area contributed by atoms with Crippen LogP contribution in [-0.4, -0.2) is 52.3 Å². The molecule has 8 nitrogen and oxygen atoms in total. The van der Waals surface area contributed by atoms with Crippen molar-refractivity contribution in [1.29, 1.82) is 0 Å². The first-order chi connectivity index (χ1) is 19.6. The van der Waals surface area contributed by atoms with Crippen LogP contribution in [0.15, 0.2) is 65.8 Å². The fraction of sp³-hybridized carbons (Fsp3) is 0.273. The molecule has 2 atom stereocenters. The van der Waals surface area contributed by atoms with Crippen LogP contribution in [0.25, 0.3) is 16.7 Å². The molecule has 0 bridgehead atoms. The molecule has 8 heteroatoms. The van der Waals surface area contributed by atoms with Gasteiger partial charge in [0.1, 0.15) is 0 Å². The molecule has 0 heterocycles. The predicted octanol–water partition coefficient (Wildman–Crippen LogP) is 4.97. The Bertz CT molecular complexity index is 1580. The van der Waals surface area contributed by atoms with Gasteiger partial charge < -0.3 is 18.9 Å². The molecule has 0 saturated heterocycles. The molecule has 41 heavy (non-hydrogen) atoms. The van der Waals surface area contributed by atoms with Crippen molar-refractivity contribution in [2.75, 3.05) is 28.4 Å². The Kier molecular flexibility index (Phi) is 8.42. The highest BCUT2D eigenvalue weighted by Crippen LogP contribution is 2.56. The van der Waals surface area contributed by atoms with Crippen molar-refractivity contribution in [3.63, 3.8) is 0 Å². The van der Waals surface area contributed by atoms with Gasteiger partial charge in [-0.1, -0.05) is 48.0 Å². The molecule has 0 unspecified atom stereocenters. The molecule has 0 spiro atoms. The smallest absolute Gasteiger partial charge is 0.339 e. The van der Waals surface area contributed by atoms with E-state index in [4.69, 9.17) is 18.9 Å². The van der Waals surface area contributed by atoms with E-state index in [9.17, 15) is 19.2 Å². The van der Waals surface area contributed by atoms with Crippen LogP contribution < -0.4 is 0 Å². The monoisotopic (exact) mass is 556 g/mol. The normalized spacial score (nSPS) is 16.6. The van der Waals surface area contributed by atoms with E-state index in [2.05, 4.69) is 0 Å². The third-order valence-corrected chi connectivity index (χ3v) is 7.50. The standard InChI is InChI=1S/C33H32O8/c1-17-13-18(2)21-15-22-27(23(31(35)39-5)16-24(34)38-4)26(20-11-9-8-10-12-20)29(32(36)40-6)30(33(37)41-7)28(22)25(21)19(3)14-17/h8-16,26-27H,1-7H3/b23-16-/t26-,27-/m0/s1. The number of aryl methyl sites for hydroxylation is 3. The summed E-state index contributed by atoms with van der Waals surface area (Å²) in [5.74, 6) is -4.90. The van der Waals surface area contributed by atoms with Gasteiger partial charge in [-0.2, -0.15) is 0 Å². The van der Waals surface area contributed by atoms with Gasteiger partial charge >= 0.3 is 23.9 Å². The maximum Gasteiger partial charge on any atom is 0.339 e. The van der Waals surface area contributed by atoms with Gasteiger partial charge in [0.15, 0.2) is 0 Å². The topological polar surface area (TPSA) is 105 Å². The van der Waals surface area contributed by atoms with Gasteiger partial charge in [0, 0.05) is 23.5 Å².